The number of hydrogen-bond acceptors (Lipinski definition) is 3. The molecule has 17 heavy (non-hydrogen) atoms. The summed E-state index contributed by atoms with van der Waals surface area (Å²) < 4.78 is 1.41. The summed E-state index contributed by atoms with van der Waals surface area (Å²) in [4.78, 5) is 9.95. The Balaban J connectivity index is 2.25. The van der Waals surface area contributed by atoms with Crippen molar-refractivity contribution in [3.8, 4) is 0 Å². The first kappa shape index (κ1) is 11.9. The molecule has 0 amide bonds. The number of halogens is 2. The molecule has 0 bridgehead atoms. The van der Waals surface area contributed by atoms with Crippen molar-refractivity contribution in [2.75, 3.05) is 0 Å². The second-order valence-corrected chi connectivity index (χ2v) is 4.23. The van der Waals surface area contributed by atoms with Gasteiger partial charge in [-0.05, 0) is 22.6 Å². The topological polar surface area (TPSA) is 61.0 Å². The van der Waals surface area contributed by atoms with E-state index in [-0.39, 0.29) is 10.8 Å². The monoisotopic (exact) mass is 271 g/mol. The lowest BCUT2D eigenvalue weighted by atomic mass is 10.2. The van der Waals surface area contributed by atoms with Gasteiger partial charge in [-0.25, -0.2) is 0 Å². The van der Waals surface area contributed by atoms with Crippen LogP contribution >= 0.6 is 23.2 Å². The highest BCUT2D eigenvalue weighted by Gasteiger charge is 2.18. The van der Waals surface area contributed by atoms with E-state index in [1.807, 2.05) is 6.07 Å². The van der Waals surface area contributed by atoms with E-state index in [1.54, 1.807) is 18.2 Å². The summed E-state index contributed by atoms with van der Waals surface area (Å²) in [7, 11) is 0. The van der Waals surface area contributed by atoms with E-state index in [2.05, 4.69) is 5.10 Å². The van der Waals surface area contributed by atoms with Crippen LogP contribution in [0.2, 0.25) is 10.0 Å². The minimum atomic E-state index is -0.614. The van der Waals surface area contributed by atoms with Crippen LogP contribution in [0.4, 0.5) is 5.82 Å². The van der Waals surface area contributed by atoms with E-state index in [0.717, 1.165) is 5.56 Å². The SMILES string of the molecule is O=[N+]([O-])c1nn(Cc2cccc(Cl)c2)cc1Cl. The highest BCUT2D eigenvalue weighted by Crippen LogP contribution is 2.22. The van der Waals surface area contributed by atoms with Crippen LogP contribution in [0.15, 0.2) is 30.5 Å². The molecule has 2 rings (SSSR count). The Morgan fingerprint density at radius 3 is 2.76 bits per heavy atom. The van der Waals surface area contributed by atoms with Gasteiger partial charge in [0.05, 0.1) is 17.8 Å². The van der Waals surface area contributed by atoms with Gasteiger partial charge < -0.3 is 10.1 Å². The maximum Gasteiger partial charge on any atom is 0.408 e. The van der Waals surface area contributed by atoms with Gasteiger partial charge >= 0.3 is 5.82 Å². The summed E-state index contributed by atoms with van der Waals surface area (Å²) >= 11 is 11.5. The summed E-state index contributed by atoms with van der Waals surface area (Å²) in [6.07, 6.45) is 1.42. The Kier molecular flexibility index (Phi) is 3.31. The number of rotatable bonds is 3. The molecule has 0 spiro atoms. The molecule has 5 nitrogen and oxygen atoms in total. The zero-order valence-corrected chi connectivity index (χ0v) is 10.0. The molecule has 0 aliphatic carbocycles. The lowest BCUT2D eigenvalue weighted by Crippen LogP contribution is -2.01. The highest BCUT2D eigenvalue weighted by atomic mass is 35.5. The van der Waals surface area contributed by atoms with Gasteiger partial charge in [-0.15, -0.1) is 0 Å². The van der Waals surface area contributed by atoms with Crippen LogP contribution in [0.1, 0.15) is 5.56 Å². The van der Waals surface area contributed by atoms with Crippen LogP contribution < -0.4 is 0 Å². The Bertz CT molecular complexity index is 568. The van der Waals surface area contributed by atoms with E-state index in [1.165, 1.54) is 10.9 Å². The number of aromatic nitrogens is 2. The van der Waals surface area contributed by atoms with Crippen LogP contribution in [-0.2, 0) is 6.54 Å². The second kappa shape index (κ2) is 4.73. The molecule has 2 aromatic rings. The van der Waals surface area contributed by atoms with Gasteiger partial charge in [0.2, 0.25) is 0 Å². The molecule has 0 saturated heterocycles. The van der Waals surface area contributed by atoms with Crippen molar-refractivity contribution in [2.45, 2.75) is 6.54 Å². The number of nitro groups is 1. The largest absolute Gasteiger partial charge is 0.408 e. The molecule has 0 radical (unpaired) electrons. The van der Waals surface area contributed by atoms with Gasteiger partial charge in [0.25, 0.3) is 0 Å². The Morgan fingerprint density at radius 2 is 2.18 bits per heavy atom. The number of hydrogen-bond donors (Lipinski definition) is 0. The predicted molar refractivity (Wildman–Crippen MR) is 64.4 cm³/mol. The lowest BCUT2D eigenvalue weighted by molar-refractivity contribution is -0.389. The molecule has 7 heteroatoms. The molecule has 1 aromatic heterocycles. The third kappa shape index (κ3) is 2.75. The first-order valence-electron chi connectivity index (χ1n) is 4.68. The van der Waals surface area contributed by atoms with Gasteiger partial charge in [0.1, 0.15) is 0 Å². The number of benzene rings is 1. The lowest BCUT2D eigenvalue weighted by Gasteiger charge is -1.98. The fraction of sp³-hybridized carbons (Fsp3) is 0.100. The summed E-state index contributed by atoms with van der Waals surface area (Å²) in [6.45, 7) is 0.383. The van der Waals surface area contributed by atoms with Crippen LogP contribution in [0.3, 0.4) is 0 Å². The van der Waals surface area contributed by atoms with E-state index in [0.29, 0.717) is 11.6 Å². The van der Waals surface area contributed by atoms with Gasteiger partial charge in [0.15, 0.2) is 5.02 Å². The molecule has 0 atom stereocenters. The maximum absolute atomic E-state index is 10.6. The average Bonchev–Trinajstić information content (AvgIpc) is 2.59. The summed E-state index contributed by atoms with van der Waals surface area (Å²) in [5.74, 6) is -0.339. The van der Waals surface area contributed by atoms with E-state index < -0.39 is 4.92 Å². The summed E-state index contributed by atoms with van der Waals surface area (Å²) in [5, 5.41) is 15.0. The fourth-order valence-corrected chi connectivity index (χ4v) is 1.85. The molecule has 1 heterocycles. The molecule has 0 aliphatic rings. The zero-order chi connectivity index (χ0) is 12.4. The maximum atomic E-state index is 10.6. The van der Waals surface area contributed by atoms with Gasteiger partial charge in [-0.1, -0.05) is 35.3 Å². The van der Waals surface area contributed by atoms with Crippen molar-refractivity contribution in [1.82, 2.24) is 9.78 Å². The van der Waals surface area contributed by atoms with Crippen molar-refractivity contribution in [2.24, 2.45) is 0 Å². The van der Waals surface area contributed by atoms with Crippen LogP contribution in [0, 0.1) is 10.1 Å². The third-order valence-electron chi connectivity index (χ3n) is 2.11. The second-order valence-electron chi connectivity index (χ2n) is 3.39. The molecule has 0 fully saturated rings. The van der Waals surface area contributed by atoms with Crippen molar-refractivity contribution in [3.05, 3.63) is 56.2 Å². The third-order valence-corrected chi connectivity index (χ3v) is 2.61. The molecular weight excluding hydrogens is 265 g/mol. The molecule has 1 aromatic carbocycles. The molecule has 88 valence electrons. The van der Waals surface area contributed by atoms with Crippen molar-refractivity contribution < 1.29 is 4.92 Å². The van der Waals surface area contributed by atoms with E-state index in [4.69, 9.17) is 23.2 Å². The van der Waals surface area contributed by atoms with Crippen LogP contribution in [0.25, 0.3) is 0 Å². The Hall–Kier alpha value is -1.59. The van der Waals surface area contributed by atoms with Gasteiger partial charge in [0, 0.05) is 5.02 Å². The first-order valence-corrected chi connectivity index (χ1v) is 5.43. The minimum absolute atomic E-state index is 0.0250. The average molecular weight is 272 g/mol. The van der Waals surface area contributed by atoms with Gasteiger partial charge in [-0.2, -0.15) is 4.68 Å². The smallest absolute Gasteiger partial charge is 0.358 e. The van der Waals surface area contributed by atoms with Gasteiger partial charge in [-0.3, -0.25) is 0 Å². The standard InChI is InChI=1S/C10H7Cl2N3O2/c11-8-3-1-2-7(4-8)5-14-6-9(12)10(13-14)15(16)17/h1-4,6H,5H2. The van der Waals surface area contributed by atoms with Crippen molar-refractivity contribution in [1.29, 1.82) is 0 Å². The molecule has 0 N–H and O–H groups in total. The van der Waals surface area contributed by atoms with Crippen molar-refractivity contribution >= 4 is 29.0 Å². The highest BCUT2D eigenvalue weighted by molar-refractivity contribution is 6.32. The van der Waals surface area contributed by atoms with Crippen molar-refractivity contribution in [3.63, 3.8) is 0 Å². The molecular formula is C10H7Cl2N3O2. The molecule has 0 aliphatic heterocycles. The quantitative estimate of drug-likeness (QED) is 0.637. The van der Waals surface area contributed by atoms with E-state index in [9.17, 15) is 10.1 Å². The number of nitrogens with zero attached hydrogens (tertiary/aromatic N) is 3. The Labute approximate surface area is 107 Å². The molecule has 0 saturated carbocycles. The predicted octanol–water partition coefficient (Wildman–Crippen LogP) is 3.15. The molecule has 0 unspecified atom stereocenters. The van der Waals surface area contributed by atoms with E-state index >= 15 is 0 Å². The summed E-state index contributed by atoms with van der Waals surface area (Å²) in [6, 6.07) is 7.18. The summed E-state index contributed by atoms with van der Waals surface area (Å²) in [5.41, 5.74) is 0.895. The first-order chi connectivity index (χ1) is 8.06. The normalized spacial score (nSPS) is 10.5. The Morgan fingerprint density at radius 1 is 1.41 bits per heavy atom. The minimum Gasteiger partial charge on any atom is -0.358 e. The van der Waals surface area contributed by atoms with Crippen LogP contribution in [-0.4, -0.2) is 14.7 Å². The zero-order valence-electron chi connectivity index (χ0n) is 8.51. The fourth-order valence-electron chi connectivity index (χ4n) is 1.41. The van der Waals surface area contributed by atoms with Crippen LogP contribution in [0.5, 0.6) is 0 Å².